The second-order valence-corrected chi connectivity index (χ2v) is 6.10. The molecule has 0 aliphatic heterocycles. The molecule has 0 radical (unpaired) electrons. The number of hydrogen-bond acceptors (Lipinski definition) is 8. The number of carbonyl (C=O) groups excluding carboxylic acids is 1. The van der Waals surface area contributed by atoms with Crippen LogP contribution in [0, 0.1) is 10.1 Å². The minimum Gasteiger partial charge on any atom is -0.502 e. The fourth-order valence-electron chi connectivity index (χ4n) is 1.76. The number of benzene rings is 1. The van der Waals surface area contributed by atoms with Crippen LogP contribution < -0.4 is 5.32 Å². The number of nitrogens with one attached hydrogen (secondary N) is 1. The van der Waals surface area contributed by atoms with Crippen molar-refractivity contribution in [3.05, 3.63) is 50.7 Å². The van der Waals surface area contributed by atoms with Crippen molar-refractivity contribution in [3.63, 3.8) is 0 Å². The van der Waals surface area contributed by atoms with Gasteiger partial charge in [0.05, 0.1) is 4.92 Å². The predicted molar refractivity (Wildman–Crippen MR) is 85.9 cm³/mol. The van der Waals surface area contributed by atoms with E-state index in [1.165, 1.54) is 28.7 Å². The molecule has 3 aromatic rings. The zero-order chi connectivity index (χ0) is 16.4. The molecule has 0 aliphatic rings. The first-order chi connectivity index (χ1) is 11.0. The largest absolute Gasteiger partial charge is 0.502 e. The van der Waals surface area contributed by atoms with E-state index in [1.54, 1.807) is 0 Å². The summed E-state index contributed by atoms with van der Waals surface area (Å²) in [5, 5.41) is 35.4. The highest BCUT2D eigenvalue weighted by atomic mass is 32.1. The molecule has 2 N–H and O–H groups in total. The number of carbonyl (C=O) groups is 1. The highest BCUT2D eigenvalue weighted by Crippen LogP contribution is 2.29. The zero-order valence-corrected chi connectivity index (χ0v) is 12.9. The molecule has 8 nitrogen and oxygen atoms in total. The van der Waals surface area contributed by atoms with Gasteiger partial charge < -0.3 is 5.11 Å². The first-order valence-electron chi connectivity index (χ1n) is 6.19. The summed E-state index contributed by atoms with van der Waals surface area (Å²) in [6, 6.07) is 5.26. The maximum Gasteiger partial charge on any atom is 0.310 e. The van der Waals surface area contributed by atoms with E-state index >= 15 is 0 Å². The Balaban J connectivity index is 1.77. The zero-order valence-electron chi connectivity index (χ0n) is 11.3. The molecule has 0 bridgehead atoms. The third-order valence-electron chi connectivity index (χ3n) is 2.85. The summed E-state index contributed by atoms with van der Waals surface area (Å²) in [4.78, 5) is 22.0. The number of nitro benzene ring substituents is 1. The lowest BCUT2D eigenvalue weighted by molar-refractivity contribution is -0.385. The third-order valence-corrected chi connectivity index (χ3v) is 4.42. The summed E-state index contributed by atoms with van der Waals surface area (Å²) in [5.41, 5.74) is 0.540. The third kappa shape index (κ3) is 3.17. The molecule has 1 amide bonds. The fraction of sp³-hybridized carbons (Fsp3) is 0. The number of aromatic nitrogens is 2. The SMILES string of the molecule is O=C(Nc1nnc(-c2ccsc2)s1)c1ccc([N+](=O)[O-])c(O)c1. The van der Waals surface area contributed by atoms with E-state index in [0.717, 1.165) is 17.7 Å². The summed E-state index contributed by atoms with van der Waals surface area (Å²) in [6.45, 7) is 0. The van der Waals surface area contributed by atoms with Crippen molar-refractivity contribution in [2.24, 2.45) is 0 Å². The normalized spacial score (nSPS) is 10.4. The highest BCUT2D eigenvalue weighted by Gasteiger charge is 2.17. The van der Waals surface area contributed by atoms with Crippen molar-refractivity contribution in [1.29, 1.82) is 0 Å². The van der Waals surface area contributed by atoms with Gasteiger partial charge in [-0.2, -0.15) is 11.3 Å². The summed E-state index contributed by atoms with van der Waals surface area (Å²) in [7, 11) is 0. The van der Waals surface area contributed by atoms with Gasteiger partial charge in [-0.25, -0.2) is 0 Å². The van der Waals surface area contributed by atoms with Crippen LogP contribution in [0.5, 0.6) is 5.75 Å². The molecule has 23 heavy (non-hydrogen) atoms. The van der Waals surface area contributed by atoms with E-state index in [1.807, 2.05) is 16.8 Å². The van der Waals surface area contributed by atoms with Gasteiger partial charge in [0.15, 0.2) is 5.75 Å². The maximum atomic E-state index is 12.1. The molecular formula is C13H8N4O4S2. The lowest BCUT2D eigenvalue weighted by Crippen LogP contribution is -2.11. The monoisotopic (exact) mass is 348 g/mol. The van der Waals surface area contributed by atoms with Crippen LogP contribution in [0.1, 0.15) is 10.4 Å². The number of nitro groups is 1. The molecule has 2 heterocycles. The highest BCUT2D eigenvalue weighted by molar-refractivity contribution is 7.19. The summed E-state index contributed by atoms with van der Waals surface area (Å²) in [5.74, 6) is -1.11. The van der Waals surface area contributed by atoms with Crippen LogP contribution in [0.3, 0.4) is 0 Å². The number of phenolic OH excluding ortho intramolecular Hbond substituents is 1. The molecule has 0 fully saturated rings. The average molecular weight is 348 g/mol. The molecule has 0 spiro atoms. The van der Waals surface area contributed by atoms with Crippen LogP contribution in [0.15, 0.2) is 35.0 Å². The number of anilines is 1. The summed E-state index contributed by atoms with van der Waals surface area (Å²) < 4.78 is 0. The van der Waals surface area contributed by atoms with Crippen molar-refractivity contribution < 1.29 is 14.8 Å². The Morgan fingerprint density at radius 1 is 1.30 bits per heavy atom. The molecule has 116 valence electrons. The number of rotatable bonds is 4. The molecule has 0 unspecified atom stereocenters. The van der Waals surface area contributed by atoms with Gasteiger partial charge in [-0.1, -0.05) is 11.3 Å². The van der Waals surface area contributed by atoms with E-state index < -0.39 is 22.3 Å². The van der Waals surface area contributed by atoms with Gasteiger partial charge >= 0.3 is 5.69 Å². The Bertz CT molecular complexity index is 876. The van der Waals surface area contributed by atoms with E-state index in [9.17, 15) is 20.0 Å². The van der Waals surface area contributed by atoms with Crippen molar-refractivity contribution in [3.8, 4) is 16.3 Å². The molecule has 0 aliphatic carbocycles. The molecule has 0 saturated carbocycles. The lowest BCUT2D eigenvalue weighted by atomic mass is 10.2. The van der Waals surface area contributed by atoms with Crippen LogP contribution in [-0.4, -0.2) is 26.1 Å². The van der Waals surface area contributed by atoms with Crippen LogP contribution in [0.2, 0.25) is 0 Å². The summed E-state index contributed by atoms with van der Waals surface area (Å²) in [6.07, 6.45) is 0. The van der Waals surface area contributed by atoms with Gasteiger partial charge in [-0.15, -0.1) is 10.2 Å². The van der Waals surface area contributed by atoms with Gasteiger partial charge in [-0.05, 0) is 23.6 Å². The first kappa shape index (κ1) is 15.1. The molecule has 1 aromatic carbocycles. The number of hydrogen-bond donors (Lipinski definition) is 2. The van der Waals surface area contributed by atoms with Crippen LogP contribution in [0.4, 0.5) is 10.8 Å². The van der Waals surface area contributed by atoms with Crippen molar-refractivity contribution in [2.75, 3.05) is 5.32 Å². The number of amides is 1. The molecule has 10 heteroatoms. The summed E-state index contributed by atoms with van der Waals surface area (Å²) >= 11 is 2.74. The van der Waals surface area contributed by atoms with E-state index in [-0.39, 0.29) is 5.56 Å². The molecule has 0 saturated heterocycles. The van der Waals surface area contributed by atoms with Gasteiger partial charge in [0.25, 0.3) is 5.91 Å². The Hall–Kier alpha value is -2.85. The number of nitrogens with zero attached hydrogens (tertiary/aromatic N) is 3. The molecular weight excluding hydrogens is 340 g/mol. The quantitative estimate of drug-likeness (QED) is 0.552. The van der Waals surface area contributed by atoms with Crippen LogP contribution in [0.25, 0.3) is 10.6 Å². The Morgan fingerprint density at radius 3 is 2.78 bits per heavy atom. The molecule has 3 rings (SSSR count). The van der Waals surface area contributed by atoms with Gasteiger partial charge in [0.1, 0.15) is 5.01 Å². The van der Waals surface area contributed by atoms with E-state index in [0.29, 0.717) is 10.1 Å². The Morgan fingerprint density at radius 2 is 2.13 bits per heavy atom. The minimum absolute atomic E-state index is 0.0837. The first-order valence-corrected chi connectivity index (χ1v) is 7.95. The van der Waals surface area contributed by atoms with Crippen LogP contribution >= 0.6 is 22.7 Å². The van der Waals surface area contributed by atoms with Crippen molar-refractivity contribution in [1.82, 2.24) is 10.2 Å². The topological polar surface area (TPSA) is 118 Å². The minimum atomic E-state index is -0.727. The predicted octanol–water partition coefficient (Wildman–Crippen LogP) is 3.13. The molecule has 0 atom stereocenters. The van der Waals surface area contributed by atoms with E-state index in [2.05, 4.69) is 15.5 Å². The van der Waals surface area contributed by atoms with Crippen molar-refractivity contribution in [2.45, 2.75) is 0 Å². The van der Waals surface area contributed by atoms with Gasteiger partial charge in [0.2, 0.25) is 5.13 Å². The maximum absolute atomic E-state index is 12.1. The lowest BCUT2D eigenvalue weighted by Gasteiger charge is -2.02. The van der Waals surface area contributed by atoms with Gasteiger partial charge in [0, 0.05) is 22.6 Å². The van der Waals surface area contributed by atoms with Crippen molar-refractivity contribution >= 4 is 39.4 Å². The number of phenols is 1. The standard InChI is InChI=1S/C13H8N4O4S2/c18-10-5-7(1-2-9(10)17(20)21)11(19)14-13-16-15-12(23-13)8-3-4-22-6-8/h1-6,18H,(H,14,16,19). The number of aromatic hydroxyl groups is 1. The van der Waals surface area contributed by atoms with Crippen LogP contribution in [-0.2, 0) is 0 Å². The number of thiophene rings is 1. The Labute approximate surface area is 137 Å². The van der Waals surface area contributed by atoms with E-state index in [4.69, 9.17) is 0 Å². The second kappa shape index (κ2) is 6.10. The fourth-order valence-corrected chi connectivity index (χ4v) is 3.22. The molecule has 2 aromatic heterocycles. The smallest absolute Gasteiger partial charge is 0.310 e. The van der Waals surface area contributed by atoms with Gasteiger partial charge in [-0.3, -0.25) is 20.2 Å². The second-order valence-electron chi connectivity index (χ2n) is 4.34. The average Bonchev–Trinajstić information content (AvgIpc) is 3.17. The Kier molecular flexibility index (Phi) is 4.00.